The highest BCUT2D eigenvalue weighted by molar-refractivity contribution is 6.44. The van der Waals surface area contributed by atoms with Gasteiger partial charge in [0.05, 0.1) is 27.3 Å². The van der Waals surface area contributed by atoms with E-state index in [1.807, 2.05) is 0 Å². The van der Waals surface area contributed by atoms with E-state index in [4.69, 9.17) is 34.8 Å². The SMILES string of the molecule is O=C(CN1CCNCC1)Nc1cc(Cl)c(Cl)cc1Cl. The summed E-state index contributed by atoms with van der Waals surface area (Å²) in [5.74, 6) is -0.109. The quantitative estimate of drug-likeness (QED) is 0.840. The van der Waals surface area contributed by atoms with Crippen LogP contribution in [0.3, 0.4) is 0 Å². The molecule has 4 nitrogen and oxygen atoms in total. The molecule has 0 atom stereocenters. The van der Waals surface area contributed by atoms with Gasteiger partial charge in [-0.25, -0.2) is 0 Å². The van der Waals surface area contributed by atoms with E-state index < -0.39 is 0 Å². The minimum Gasteiger partial charge on any atom is -0.324 e. The van der Waals surface area contributed by atoms with Gasteiger partial charge in [0.2, 0.25) is 5.91 Å². The summed E-state index contributed by atoms with van der Waals surface area (Å²) in [7, 11) is 0. The van der Waals surface area contributed by atoms with E-state index >= 15 is 0 Å². The third kappa shape index (κ3) is 4.23. The van der Waals surface area contributed by atoms with Gasteiger partial charge in [-0.05, 0) is 12.1 Å². The van der Waals surface area contributed by atoms with Gasteiger partial charge in [-0.2, -0.15) is 0 Å². The molecule has 2 N–H and O–H groups in total. The summed E-state index contributed by atoms with van der Waals surface area (Å²) < 4.78 is 0. The van der Waals surface area contributed by atoms with Gasteiger partial charge in [-0.3, -0.25) is 9.69 Å². The first-order valence-corrected chi connectivity index (χ1v) is 7.07. The highest BCUT2D eigenvalue weighted by Gasteiger charge is 2.15. The summed E-state index contributed by atoms with van der Waals surface area (Å²) >= 11 is 17.7. The lowest BCUT2D eigenvalue weighted by Crippen LogP contribution is -2.46. The second kappa shape index (κ2) is 6.77. The molecule has 1 aliphatic heterocycles. The average molecular weight is 323 g/mol. The number of rotatable bonds is 3. The molecule has 1 fully saturated rings. The normalized spacial score (nSPS) is 16.4. The van der Waals surface area contributed by atoms with E-state index in [1.165, 1.54) is 6.07 Å². The van der Waals surface area contributed by atoms with Crippen LogP contribution in [0.1, 0.15) is 0 Å². The molecule has 1 aliphatic rings. The van der Waals surface area contributed by atoms with Crippen LogP contribution in [-0.2, 0) is 4.79 Å². The maximum Gasteiger partial charge on any atom is 0.238 e. The predicted molar refractivity (Wildman–Crippen MR) is 79.4 cm³/mol. The lowest BCUT2D eigenvalue weighted by molar-refractivity contribution is -0.117. The molecule has 1 aromatic rings. The standard InChI is InChI=1S/C12H14Cl3N3O/c13-8-5-10(15)11(6-9(8)14)17-12(19)7-18-3-1-16-2-4-18/h5-6,16H,1-4,7H2,(H,17,19). The summed E-state index contributed by atoms with van der Waals surface area (Å²) in [6, 6.07) is 3.08. The number of nitrogens with one attached hydrogen (secondary N) is 2. The predicted octanol–water partition coefficient (Wildman–Crippen LogP) is 2.49. The number of halogens is 3. The van der Waals surface area contributed by atoms with Crippen LogP contribution in [0.2, 0.25) is 15.1 Å². The monoisotopic (exact) mass is 321 g/mol. The third-order valence-electron chi connectivity index (χ3n) is 2.86. The number of anilines is 1. The largest absolute Gasteiger partial charge is 0.324 e. The molecular weight excluding hydrogens is 309 g/mol. The molecule has 1 saturated heterocycles. The molecular formula is C12H14Cl3N3O. The second-order valence-electron chi connectivity index (χ2n) is 4.32. The molecule has 7 heteroatoms. The summed E-state index contributed by atoms with van der Waals surface area (Å²) in [6.07, 6.45) is 0. The zero-order chi connectivity index (χ0) is 13.8. The van der Waals surface area contributed by atoms with Gasteiger partial charge in [0.25, 0.3) is 0 Å². The van der Waals surface area contributed by atoms with Crippen LogP contribution >= 0.6 is 34.8 Å². The summed E-state index contributed by atoms with van der Waals surface area (Å²) in [6.45, 7) is 3.88. The molecule has 19 heavy (non-hydrogen) atoms. The fourth-order valence-electron chi connectivity index (χ4n) is 1.88. The Hall–Kier alpha value is -0.520. The zero-order valence-electron chi connectivity index (χ0n) is 10.2. The van der Waals surface area contributed by atoms with Crippen molar-refractivity contribution in [3.8, 4) is 0 Å². The van der Waals surface area contributed by atoms with Crippen LogP contribution in [0.4, 0.5) is 5.69 Å². The van der Waals surface area contributed by atoms with E-state index in [0.717, 1.165) is 26.2 Å². The number of carbonyl (C=O) groups is 1. The van der Waals surface area contributed by atoms with Crippen molar-refractivity contribution < 1.29 is 4.79 Å². The third-order valence-corrected chi connectivity index (χ3v) is 3.90. The van der Waals surface area contributed by atoms with Gasteiger partial charge >= 0.3 is 0 Å². The van der Waals surface area contributed by atoms with E-state index in [2.05, 4.69) is 15.5 Å². The van der Waals surface area contributed by atoms with E-state index in [9.17, 15) is 4.79 Å². The van der Waals surface area contributed by atoms with Crippen molar-refractivity contribution in [2.24, 2.45) is 0 Å². The molecule has 0 unspecified atom stereocenters. The van der Waals surface area contributed by atoms with Crippen LogP contribution in [0, 0.1) is 0 Å². The maximum absolute atomic E-state index is 11.9. The molecule has 0 saturated carbocycles. The van der Waals surface area contributed by atoms with Crippen LogP contribution < -0.4 is 10.6 Å². The Bertz CT molecular complexity index is 476. The summed E-state index contributed by atoms with van der Waals surface area (Å²) in [5.41, 5.74) is 0.483. The zero-order valence-corrected chi connectivity index (χ0v) is 12.4. The molecule has 1 heterocycles. The number of hydrogen-bond acceptors (Lipinski definition) is 3. The molecule has 104 valence electrons. The van der Waals surface area contributed by atoms with Gasteiger partial charge in [0.15, 0.2) is 0 Å². The van der Waals surface area contributed by atoms with Crippen molar-refractivity contribution in [1.29, 1.82) is 0 Å². The lowest BCUT2D eigenvalue weighted by atomic mass is 10.3. The van der Waals surface area contributed by atoms with Crippen molar-refractivity contribution in [3.05, 3.63) is 27.2 Å². The van der Waals surface area contributed by atoms with Crippen LogP contribution in [-0.4, -0.2) is 43.5 Å². The molecule has 1 aromatic carbocycles. The Morgan fingerprint density at radius 1 is 1.16 bits per heavy atom. The average Bonchev–Trinajstić information content (AvgIpc) is 2.37. The smallest absolute Gasteiger partial charge is 0.238 e. The number of benzene rings is 1. The highest BCUT2D eigenvalue weighted by atomic mass is 35.5. The molecule has 0 aromatic heterocycles. The molecule has 0 radical (unpaired) electrons. The first kappa shape index (κ1) is 14.9. The van der Waals surface area contributed by atoms with Crippen LogP contribution in [0.15, 0.2) is 12.1 Å². The van der Waals surface area contributed by atoms with Gasteiger partial charge in [-0.15, -0.1) is 0 Å². The van der Waals surface area contributed by atoms with Crippen molar-refractivity contribution in [1.82, 2.24) is 10.2 Å². The molecule has 2 rings (SSSR count). The first-order chi connectivity index (χ1) is 9.06. The van der Waals surface area contributed by atoms with Crippen molar-refractivity contribution in [2.75, 3.05) is 38.0 Å². The number of amides is 1. The number of piperazine rings is 1. The van der Waals surface area contributed by atoms with Gasteiger partial charge in [-0.1, -0.05) is 34.8 Å². The minimum atomic E-state index is -0.109. The van der Waals surface area contributed by atoms with Gasteiger partial charge in [0.1, 0.15) is 0 Å². The second-order valence-corrected chi connectivity index (χ2v) is 5.54. The Kier molecular flexibility index (Phi) is 5.30. The summed E-state index contributed by atoms with van der Waals surface area (Å²) in [5, 5.41) is 7.09. The van der Waals surface area contributed by atoms with Crippen molar-refractivity contribution >= 4 is 46.4 Å². The Morgan fingerprint density at radius 3 is 2.47 bits per heavy atom. The van der Waals surface area contributed by atoms with E-state index in [-0.39, 0.29) is 5.91 Å². The fourth-order valence-corrected chi connectivity index (χ4v) is 2.47. The number of hydrogen-bond donors (Lipinski definition) is 2. The topological polar surface area (TPSA) is 44.4 Å². The van der Waals surface area contributed by atoms with E-state index in [0.29, 0.717) is 27.3 Å². The van der Waals surface area contributed by atoms with Gasteiger partial charge < -0.3 is 10.6 Å². The van der Waals surface area contributed by atoms with Crippen LogP contribution in [0.5, 0.6) is 0 Å². The number of carbonyl (C=O) groups excluding carboxylic acids is 1. The maximum atomic E-state index is 11.9. The Labute approximate surface area is 127 Å². The van der Waals surface area contributed by atoms with Crippen molar-refractivity contribution in [2.45, 2.75) is 0 Å². The fraction of sp³-hybridized carbons (Fsp3) is 0.417. The van der Waals surface area contributed by atoms with E-state index in [1.54, 1.807) is 6.07 Å². The first-order valence-electron chi connectivity index (χ1n) is 5.94. The molecule has 0 aliphatic carbocycles. The minimum absolute atomic E-state index is 0.109. The van der Waals surface area contributed by atoms with Gasteiger partial charge in [0, 0.05) is 26.2 Å². The molecule has 1 amide bonds. The molecule has 0 spiro atoms. The van der Waals surface area contributed by atoms with Crippen molar-refractivity contribution in [3.63, 3.8) is 0 Å². The summed E-state index contributed by atoms with van der Waals surface area (Å²) in [4.78, 5) is 14.0. The Balaban J connectivity index is 1.96. The van der Waals surface area contributed by atoms with Crippen LogP contribution in [0.25, 0.3) is 0 Å². The Morgan fingerprint density at radius 2 is 1.79 bits per heavy atom. The lowest BCUT2D eigenvalue weighted by Gasteiger charge is -2.26. The highest BCUT2D eigenvalue weighted by Crippen LogP contribution is 2.32. The number of nitrogens with zero attached hydrogens (tertiary/aromatic N) is 1. The molecule has 0 bridgehead atoms.